The fourth-order valence-electron chi connectivity index (χ4n) is 2.10. The predicted octanol–water partition coefficient (Wildman–Crippen LogP) is 3.74. The summed E-state index contributed by atoms with van der Waals surface area (Å²) in [5.41, 5.74) is 2.40. The number of aldehydes is 1. The maximum atomic E-state index is 10.7. The highest BCUT2D eigenvalue weighted by Crippen LogP contribution is 2.25. The monoisotopic (exact) mass is 305 g/mol. The van der Waals surface area contributed by atoms with Gasteiger partial charge in [0, 0.05) is 23.6 Å². The Labute approximate surface area is 124 Å². The molecule has 6 heteroatoms. The van der Waals surface area contributed by atoms with Crippen LogP contribution in [0.2, 0.25) is 5.15 Å². The fourth-order valence-corrected chi connectivity index (χ4v) is 3.10. The lowest BCUT2D eigenvalue weighted by Gasteiger charge is -2.01. The van der Waals surface area contributed by atoms with Gasteiger partial charge in [0.15, 0.2) is 16.6 Å². The number of hydrogen-bond donors (Lipinski definition) is 2. The number of thiazole rings is 1. The molecule has 2 heterocycles. The maximum Gasteiger partial charge on any atom is 0.184 e. The van der Waals surface area contributed by atoms with E-state index in [0.717, 1.165) is 24.8 Å². The smallest absolute Gasteiger partial charge is 0.184 e. The van der Waals surface area contributed by atoms with Crippen LogP contribution in [0.1, 0.15) is 15.2 Å². The zero-order valence-electron chi connectivity index (χ0n) is 10.5. The molecule has 1 aromatic carbocycles. The number of nitrogens with one attached hydrogen (secondary N) is 2. The number of nitrogens with zero attached hydrogens (tertiary/aromatic N) is 1. The molecule has 0 aliphatic rings. The molecule has 2 N–H and O–H groups in total. The Hall–Kier alpha value is -1.85. The Morgan fingerprint density at radius 1 is 1.40 bits per heavy atom. The highest BCUT2D eigenvalue weighted by molar-refractivity contribution is 7.17. The number of aromatic amines is 1. The highest BCUT2D eigenvalue weighted by atomic mass is 35.5. The van der Waals surface area contributed by atoms with E-state index in [0.29, 0.717) is 10.0 Å². The molecule has 0 aliphatic carbocycles. The molecule has 20 heavy (non-hydrogen) atoms. The molecule has 0 saturated heterocycles. The third-order valence-corrected chi connectivity index (χ3v) is 4.40. The molecule has 0 unspecified atom stereocenters. The van der Waals surface area contributed by atoms with Gasteiger partial charge in [0.1, 0.15) is 4.88 Å². The van der Waals surface area contributed by atoms with Crippen LogP contribution in [-0.2, 0) is 6.42 Å². The summed E-state index contributed by atoms with van der Waals surface area (Å²) in [6.45, 7) is 0.740. The third-order valence-electron chi connectivity index (χ3n) is 3.06. The van der Waals surface area contributed by atoms with Crippen LogP contribution in [0.5, 0.6) is 0 Å². The number of carbonyl (C=O) groups is 1. The zero-order chi connectivity index (χ0) is 13.9. The zero-order valence-corrected chi connectivity index (χ0v) is 12.1. The Kier molecular flexibility index (Phi) is 3.71. The Bertz CT molecular complexity index is 750. The van der Waals surface area contributed by atoms with E-state index in [9.17, 15) is 4.79 Å². The molecule has 0 saturated carbocycles. The number of benzene rings is 1. The number of H-pyrrole nitrogens is 1. The first-order valence-corrected chi connectivity index (χ1v) is 7.38. The first-order valence-electron chi connectivity index (χ1n) is 6.18. The minimum Gasteiger partial charge on any atom is -0.361 e. The van der Waals surface area contributed by atoms with Gasteiger partial charge in [-0.15, -0.1) is 0 Å². The number of fused-ring (bicyclic) bond motifs is 1. The molecule has 0 atom stereocenters. The van der Waals surface area contributed by atoms with E-state index in [1.165, 1.54) is 22.3 Å². The average molecular weight is 306 g/mol. The van der Waals surface area contributed by atoms with Gasteiger partial charge in [-0.25, -0.2) is 4.98 Å². The molecule has 0 bridgehead atoms. The number of para-hydroxylation sites is 1. The van der Waals surface area contributed by atoms with E-state index in [2.05, 4.69) is 27.4 Å². The van der Waals surface area contributed by atoms with Crippen molar-refractivity contribution in [1.29, 1.82) is 0 Å². The summed E-state index contributed by atoms with van der Waals surface area (Å²) in [4.78, 5) is 18.5. The number of anilines is 1. The fraction of sp³-hybridized carbons (Fsp3) is 0.143. The van der Waals surface area contributed by atoms with Crippen LogP contribution >= 0.6 is 22.9 Å². The van der Waals surface area contributed by atoms with Crippen molar-refractivity contribution in [2.24, 2.45) is 0 Å². The normalized spacial score (nSPS) is 10.8. The predicted molar refractivity (Wildman–Crippen MR) is 83.0 cm³/mol. The van der Waals surface area contributed by atoms with Crippen molar-refractivity contribution in [1.82, 2.24) is 9.97 Å². The number of hydrogen-bond acceptors (Lipinski definition) is 4. The SMILES string of the molecule is O=Cc1sc(NCCc2c[nH]c3ccccc23)nc1Cl. The van der Waals surface area contributed by atoms with Crippen molar-refractivity contribution in [3.8, 4) is 0 Å². The Balaban J connectivity index is 1.66. The van der Waals surface area contributed by atoms with E-state index in [1.807, 2.05) is 18.3 Å². The van der Waals surface area contributed by atoms with Crippen molar-refractivity contribution < 1.29 is 4.79 Å². The van der Waals surface area contributed by atoms with Crippen LogP contribution in [0, 0.1) is 0 Å². The summed E-state index contributed by atoms with van der Waals surface area (Å²) < 4.78 is 0. The van der Waals surface area contributed by atoms with Crippen molar-refractivity contribution in [3.05, 3.63) is 46.1 Å². The van der Waals surface area contributed by atoms with Gasteiger partial charge >= 0.3 is 0 Å². The van der Waals surface area contributed by atoms with E-state index < -0.39 is 0 Å². The van der Waals surface area contributed by atoms with Crippen LogP contribution in [-0.4, -0.2) is 22.8 Å². The van der Waals surface area contributed by atoms with Gasteiger partial charge in [-0.2, -0.15) is 0 Å². The quantitative estimate of drug-likeness (QED) is 0.706. The number of carbonyl (C=O) groups excluding carboxylic acids is 1. The molecule has 2 aromatic heterocycles. The topological polar surface area (TPSA) is 57.8 Å². The van der Waals surface area contributed by atoms with E-state index in [4.69, 9.17) is 11.6 Å². The van der Waals surface area contributed by atoms with Crippen molar-refractivity contribution >= 4 is 45.3 Å². The molecule has 0 amide bonds. The largest absolute Gasteiger partial charge is 0.361 e. The summed E-state index contributed by atoms with van der Waals surface area (Å²) >= 11 is 7.10. The first-order chi connectivity index (χ1) is 9.78. The van der Waals surface area contributed by atoms with Gasteiger partial charge < -0.3 is 10.3 Å². The second kappa shape index (κ2) is 5.64. The van der Waals surface area contributed by atoms with Gasteiger partial charge in [0.05, 0.1) is 0 Å². The van der Waals surface area contributed by atoms with Gasteiger partial charge in [-0.05, 0) is 18.1 Å². The third kappa shape index (κ3) is 2.55. The van der Waals surface area contributed by atoms with E-state index in [1.54, 1.807) is 0 Å². The molecule has 0 radical (unpaired) electrons. The summed E-state index contributed by atoms with van der Waals surface area (Å²) in [6, 6.07) is 8.21. The molecule has 0 fully saturated rings. The summed E-state index contributed by atoms with van der Waals surface area (Å²) in [7, 11) is 0. The van der Waals surface area contributed by atoms with Crippen LogP contribution in [0.15, 0.2) is 30.5 Å². The summed E-state index contributed by atoms with van der Waals surface area (Å²) in [6.07, 6.45) is 3.63. The lowest BCUT2D eigenvalue weighted by molar-refractivity contribution is 0.112. The Morgan fingerprint density at radius 2 is 2.25 bits per heavy atom. The summed E-state index contributed by atoms with van der Waals surface area (Å²) in [5, 5.41) is 5.37. The van der Waals surface area contributed by atoms with Gasteiger partial charge in [-0.3, -0.25) is 4.79 Å². The lowest BCUT2D eigenvalue weighted by atomic mass is 10.1. The van der Waals surface area contributed by atoms with Crippen molar-refractivity contribution in [3.63, 3.8) is 0 Å². The number of rotatable bonds is 5. The number of halogens is 1. The Morgan fingerprint density at radius 3 is 3.05 bits per heavy atom. The van der Waals surface area contributed by atoms with Crippen LogP contribution in [0.25, 0.3) is 10.9 Å². The van der Waals surface area contributed by atoms with Crippen LogP contribution in [0.4, 0.5) is 5.13 Å². The summed E-state index contributed by atoms with van der Waals surface area (Å²) in [5.74, 6) is 0. The average Bonchev–Trinajstić information content (AvgIpc) is 3.03. The lowest BCUT2D eigenvalue weighted by Crippen LogP contribution is -2.03. The second-order valence-corrected chi connectivity index (χ2v) is 5.72. The molecule has 3 aromatic rings. The molecule has 4 nitrogen and oxygen atoms in total. The number of aromatic nitrogens is 2. The minimum absolute atomic E-state index is 0.264. The van der Waals surface area contributed by atoms with E-state index in [-0.39, 0.29) is 5.15 Å². The van der Waals surface area contributed by atoms with Crippen LogP contribution in [0.3, 0.4) is 0 Å². The van der Waals surface area contributed by atoms with Crippen LogP contribution < -0.4 is 5.32 Å². The molecule has 0 aliphatic heterocycles. The molecule has 102 valence electrons. The van der Waals surface area contributed by atoms with Gasteiger partial charge in [0.2, 0.25) is 0 Å². The van der Waals surface area contributed by atoms with Crippen molar-refractivity contribution in [2.75, 3.05) is 11.9 Å². The minimum atomic E-state index is 0.264. The highest BCUT2D eigenvalue weighted by Gasteiger charge is 2.08. The standard InChI is InChI=1S/C14H12ClN3OS/c15-13-12(8-19)20-14(18-13)16-6-5-9-7-17-11-4-2-1-3-10(9)11/h1-4,7-8,17H,5-6H2,(H,16,18). The van der Waals surface area contributed by atoms with Gasteiger partial charge in [-0.1, -0.05) is 41.1 Å². The molecule has 0 spiro atoms. The van der Waals surface area contributed by atoms with Gasteiger partial charge in [0.25, 0.3) is 0 Å². The van der Waals surface area contributed by atoms with E-state index >= 15 is 0 Å². The second-order valence-electron chi connectivity index (χ2n) is 4.33. The van der Waals surface area contributed by atoms with Crippen molar-refractivity contribution in [2.45, 2.75) is 6.42 Å². The molecular weight excluding hydrogens is 294 g/mol. The maximum absolute atomic E-state index is 10.7. The first kappa shape index (κ1) is 13.1. The molecular formula is C14H12ClN3OS. The molecule has 3 rings (SSSR count).